The van der Waals surface area contributed by atoms with Crippen molar-refractivity contribution in [3.8, 4) is 0 Å². The predicted octanol–water partition coefficient (Wildman–Crippen LogP) is 1.14. The molecule has 1 fully saturated rings. The molecule has 1 aromatic rings. The zero-order chi connectivity index (χ0) is 19.8. The van der Waals surface area contributed by atoms with Crippen molar-refractivity contribution in [1.82, 2.24) is 24.7 Å². The van der Waals surface area contributed by atoms with E-state index in [0.717, 1.165) is 0 Å². The van der Waals surface area contributed by atoms with Gasteiger partial charge < -0.3 is 24.8 Å². The molecule has 3 rings (SSSR count). The van der Waals surface area contributed by atoms with Gasteiger partial charge in [0.1, 0.15) is 11.5 Å². The maximum atomic E-state index is 12.7. The normalized spacial score (nSPS) is 19.0. The minimum atomic E-state index is -0.925. The van der Waals surface area contributed by atoms with Crippen LogP contribution >= 0.6 is 0 Å². The van der Waals surface area contributed by atoms with Crippen molar-refractivity contribution in [3.05, 3.63) is 17.7 Å². The highest BCUT2D eigenvalue weighted by Crippen LogP contribution is 2.23. The van der Waals surface area contributed by atoms with E-state index in [9.17, 15) is 14.4 Å². The average Bonchev–Trinajstić information content (AvgIpc) is 3.04. The summed E-state index contributed by atoms with van der Waals surface area (Å²) in [6.45, 7) is 8.13. The van der Waals surface area contributed by atoms with E-state index in [1.54, 1.807) is 11.1 Å². The van der Waals surface area contributed by atoms with E-state index in [-0.39, 0.29) is 17.7 Å². The quantitative estimate of drug-likeness (QED) is 0.821. The van der Waals surface area contributed by atoms with Crippen molar-refractivity contribution in [2.75, 3.05) is 19.6 Å². The number of piperidine rings is 1. The minimum Gasteiger partial charge on any atom is -0.465 e. The highest BCUT2D eigenvalue weighted by atomic mass is 16.4. The average molecular weight is 377 g/mol. The molecule has 1 saturated heterocycles. The van der Waals surface area contributed by atoms with Crippen molar-refractivity contribution in [2.24, 2.45) is 5.92 Å². The molecule has 0 spiro atoms. The predicted molar refractivity (Wildman–Crippen MR) is 97.2 cm³/mol. The minimum absolute atomic E-state index is 0.0640. The molecule has 0 aliphatic carbocycles. The third-order valence-electron chi connectivity index (χ3n) is 5.39. The fourth-order valence-corrected chi connectivity index (χ4v) is 3.57. The van der Waals surface area contributed by atoms with Gasteiger partial charge in [0, 0.05) is 43.8 Å². The van der Waals surface area contributed by atoms with Gasteiger partial charge in [-0.3, -0.25) is 9.59 Å². The van der Waals surface area contributed by atoms with E-state index in [2.05, 4.69) is 10.3 Å². The summed E-state index contributed by atoms with van der Waals surface area (Å²) in [5.74, 6) is 0.481. The molecule has 2 N–H and O–H groups in total. The number of likely N-dealkylation sites (tertiary alicyclic amines) is 1. The Balaban J connectivity index is 1.64. The molecule has 0 unspecified atom stereocenters. The summed E-state index contributed by atoms with van der Waals surface area (Å²) >= 11 is 0. The van der Waals surface area contributed by atoms with Gasteiger partial charge in [0.05, 0.1) is 6.54 Å². The third-order valence-corrected chi connectivity index (χ3v) is 5.39. The SMILES string of the molecule is CC(C)C(=O)N1CCn2cc(C(=O)NC3(C)CCN(C(=O)O)CC3)nc2C1. The van der Waals surface area contributed by atoms with Gasteiger partial charge in [0.15, 0.2) is 0 Å². The number of fused-ring (bicyclic) bond motifs is 1. The van der Waals surface area contributed by atoms with Crippen LogP contribution in [0.3, 0.4) is 0 Å². The van der Waals surface area contributed by atoms with Crippen LogP contribution in [-0.2, 0) is 17.9 Å². The van der Waals surface area contributed by atoms with Gasteiger partial charge in [-0.15, -0.1) is 0 Å². The number of rotatable bonds is 3. The highest BCUT2D eigenvalue weighted by Gasteiger charge is 2.34. The lowest BCUT2D eigenvalue weighted by molar-refractivity contribution is -0.136. The molecule has 148 valence electrons. The van der Waals surface area contributed by atoms with Gasteiger partial charge in [-0.2, -0.15) is 0 Å². The van der Waals surface area contributed by atoms with Gasteiger partial charge in [0.2, 0.25) is 5.91 Å². The fraction of sp³-hybridized carbons (Fsp3) is 0.667. The number of aromatic nitrogens is 2. The van der Waals surface area contributed by atoms with Gasteiger partial charge in [-0.05, 0) is 19.8 Å². The van der Waals surface area contributed by atoms with Crippen LogP contribution in [0.15, 0.2) is 6.20 Å². The van der Waals surface area contributed by atoms with Crippen LogP contribution in [0.4, 0.5) is 4.79 Å². The van der Waals surface area contributed by atoms with E-state index >= 15 is 0 Å². The molecule has 0 radical (unpaired) electrons. The van der Waals surface area contributed by atoms with E-state index < -0.39 is 11.6 Å². The highest BCUT2D eigenvalue weighted by molar-refractivity contribution is 5.92. The Bertz CT molecular complexity index is 749. The molecular formula is C18H27N5O4. The molecule has 27 heavy (non-hydrogen) atoms. The lowest BCUT2D eigenvalue weighted by Gasteiger charge is -2.38. The largest absolute Gasteiger partial charge is 0.465 e. The van der Waals surface area contributed by atoms with Gasteiger partial charge >= 0.3 is 6.09 Å². The summed E-state index contributed by atoms with van der Waals surface area (Å²) in [5, 5.41) is 12.1. The summed E-state index contributed by atoms with van der Waals surface area (Å²) in [5.41, 5.74) is -0.113. The Kier molecular flexibility index (Phi) is 5.12. The van der Waals surface area contributed by atoms with Crippen LogP contribution < -0.4 is 5.32 Å². The zero-order valence-corrected chi connectivity index (χ0v) is 16.1. The van der Waals surface area contributed by atoms with Crippen molar-refractivity contribution < 1.29 is 19.5 Å². The number of amides is 3. The molecule has 0 saturated carbocycles. The number of carbonyl (C=O) groups excluding carboxylic acids is 2. The zero-order valence-electron chi connectivity index (χ0n) is 16.1. The van der Waals surface area contributed by atoms with Crippen molar-refractivity contribution in [3.63, 3.8) is 0 Å². The topological polar surface area (TPSA) is 108 Å². The first-order valence-corrected chi connectivity index (χ1v) is 9.34. The molecule has 1 aromatic heterocycles. The standard InChI is InChI=1S/C18H27N5O4/c1-12(2)16(25)23-9-8-22-10-13(19-14(22)11-23)15(24)20-18(3)4-6-21(7-5-18)17(26)27/h10,12H,4-9,11H2,1-3H3,(H,20,24)(H,26,27). The number of nitrogens with zero attached hydrogens (tertiary/aromatic N) is 4. The van der Waals surface area contributed by atoms with Crippen molar-refractivity contribution in [1.29, 1.82) is 0 Å². The van der Waals surface area contributed by atoms with Gasteiger partial charge in [-0.1, -0.05) is 13.8 Å². The van der Waals surface area contributed by atoms with Crippen LogP contribution in [-0.4, -0.2) is 67.5 Å². The molecule has 9 heteroatoms. The van der Waals surface area contributed by atoms with Crippen molar-refractivity contribution >= 4 is 17.9 Å². The smallest absolute Gasteiger partial charge is 0.407 e. The Morgan fingerprint density at radius 2 is 1.81 bits per heavy atom. The van der Waals surface area contributed by atoms with Crippen LogP contribution in [0.5, 0.6) is 0 Å². The second-order valence-corrected chi connectivity index (χ2v) is 7.93. The van der Waals surface area contributed by atoms with Crippen LogP contribution in [0, 0.1) is 5.92 Å². The molecule has 0 atom stereocenters. The van der Waals surface area contributed by atoms with Crippen LogP contribution in [0.1, 0.15) is 49.9 Å². The summed E-state index contributed by atoms with van der Waals surface area (Å²) in [6, 6.07) is 0. The number of hydrogen-bond acceptors (Lipinski definition) is 4. The van der Waals surface area contributed by atoms with E-state index in [1.165, 1.54) is 4.90 Å². The second kappa shape index (κ2) is 7.21. The summed E-state index contributed by atoms with van der Waals surface area (Å²) in [6.07, 6.45) is 1.94. The first-order valence-electron chi connectivity index (χ1n) is 9.34. The molecular weight excluding hydrogens is 350 g/mol. The molecule has 2 aliphatic heterocycles. The Morgan fingerprint density at radius 3 is 2.41 bits per heavy atom. The number of imidazole rings is 1. The number of hydrogen-bond donors (Lipinski definition) is 2. The Morgan fingerprint density at radius 1 is 1.15 bits per heavy atom. The molecule has 2 aliphatic rings. The maximum Gasteiger partial charge on any atom is 0.407 e. The monoisotopic (exact) mass is 377 g/mol. The van der Waals surface area contributed by atoms with Gasteiger partial charge in [0.25, 0.3) is 5.91 Å². The van der Waals surface area contributed by atoms with Gasteiger partial charge in [-0.25, -0.2) is 9.78 Å². The van der Waals surface area contributed by atoms with E-state index in [1.807, 2.05) is 25.3 Å². The lowest BCUT2D eigenvalue weighted by Crippen LogP contribution is -2.54. The fourth-order valence-electron chi connectivity index (χ4n) is 3.57. The summed E-state index contributed by atoms with van der Waals surface area (Å²) in [7, 11) is 0. The second-order valence-electron chi connectivity index (χ2n) is 7.93. The molecule has 0 bridgehead atoms. The Labute approximate surface area is 158 Å². The van der Waals surface area contributed by atoms with E-state index in [0.29, 0.717) is 57.1 Å². The molecule has 9 nitrogen and oxygen atoms in total. The molecule has 3 amide bonds. The maximum absolute atomic E-state index is 12.7. The Hall–Kier alpha value is -2.58. The van der Waals surface area contributed by atoms with E-state index in [4.69, 9.17) is 5.11 Å². The summed E-state index contributed by atoms with van der Waals surface area (Å²) < 4.78 is 1.92. The number of carboxylic acid groups (broad SMARTS) is 1. The number of nitrogens with one attached hydrogen (secondary N) is 1. The van der Waals surface area contributed by atoms with Crippen molar-refractivity contribution in [2.45, 2.75) is 52.2 Å². The first kappa shape index (κ1) is 19.2. The molecule has 3 heterocycles. The summed E-state index contributed by atoms with van der Waals surface area (Å²) in [4.78, 5) is 43.5. The van der Waals surface area contributed by atoms with Crippen LogP contribution in [0.25, 0.3) is 0 Å². The molecule has 0 aromatic carbocycles. The number of carbonyl (C=O) groups is 3. The van der Waals surface area contributed by atoms with Crippen LogP contribution in [0.2, 0.25) is 0 Å². The third kappa shape index (κ3) is 4.06. The first-order chi connectivity index (χ1) is 12.7. The lowest BCUT2D eigenvalue weighted by atomic mass is 9.89.